The van der Waals surface area contributed by atoms with E-state index in [1.54, 1.807) is 6.07 Å². The molecule has 1 aliphatic rings. The van der Waals surface area contributed by atoms with Gasteiger partial charge in [-0.05, 0) is 31.0 Å². The summed E-state index contributed by atoms with van der Waals surface area (Å²) in [5, 5.41) is 0. The van der Waals surface area contributed by atoms with Crippen molar-refractivity contribution in [2.45, 2.75) is 31.6 Å². The highest BCUT2D eigenvalue weighted by molar-refractivity contribution is 9.10. The molecule has 20 heavy (non-hydrogen) atoms. The highest BCUT2D eigenvalue weighted by Gasteiger charge is 2.20. The van der Waals surface area contributed by atoms with E-state index in [0.717, 1.165) is 23.0 Å². The van der Waals surface area contributed by atoms with Crippen molar-refractivity contribution in [1.29, 1.82) is 0 Å². The molecule has 2 N–H and O–H groups in total. The fourth-order valence-corrected chi connectivity index (χ4v) is 3.13. The van der Waals surface area contributed by atoms with Crippen molar-refractivity contribution in [2.24, 2.45) is 0 Å². The molecular weight excluding hydrogens is 321 g/mol. The third-order valence-corrected chi connectivity index (χ3v) is 4.40. The van der Waals surface area contributed by atoms with Gasteiger partial charge in [-0.15, -0.1) is 0 Å². The SMILES string of the molecule is Nc1cc(C2CCCC2)nc(-c2cc(F)ccc2Br)n1. The zero-order valence-corrected chi connectivity index (χ0v) is 12.5. The lowest BCUT2D eigenvalue weighted by Crippen LogP contribution is -2.04. The molecule has 3 nitrogen and oxygen atoms in total. The van der Waals surface area contributed by atoms with Crippen LogP contribution >= 0.6 is 15.9 Å². The average molecular weight is 336 g/mol. The van der Waals surface area contributed by atoms with Gasteiger partial charge in [0.25, 0.3) is 0 Å². The third kappa shape index (κ3) is 2.68. The van der Waals surface area contributed by atoms with Crippen LogP contribution in [0.3, 0.4) is 0 Å². The number of nitrogen functional groups attached to an aromatic ring is 1. The predicted molar refractivity (Wildman–Crippen MR) is 80.7 cm³/mol. The number of aromatic nitrogens is 2. The number of nitrogens with two attached hydrogens (primary N) is 1. The summed E-state index contributed by atoms with van der Waals surface area (Å²) in [6.45, 7) is 0. The van der Waals surface area contributed by atoms with Crippen LogP contribution in [0.1, 0.15) is 37.3 Å². The molecule has 0 atom stereocenters. The van der Waals surface area contributed by atoms with E-state index in [2.05, 4.69) is 25.9 Å². The van der Waals surface area contributed by atoms with Crippen LogP contribution in [0.2, 0.25) is 0 Å². The van der Waals surface area contributed by atoms with Gasteiger partial charge in [-0.25, -0.2) is 14.4 Å². The molecule has 1 heterocycles. The van der Waals surface area contributed by atoms with Crippen molar-refractivity contribution in [3.05, 3.63) is 40.2 Å². The van der Waals surface area contributed by atoms with E-state index >= 15 is 0 Å². The molecule has 1 aliphatic carbocycles. The Bertz CT molecular complexity index is 639. The number of hydrogen-bond donors (Lipinski definition) is 1. The second-order valence-corrected chi connectivity index (χ2v) is 6.00. The molecule has 0 aliphatic heterocycles. The van der Waals surface area contributed by atoms with Crippen LogP contribution in [-0.4, -0.2) is 9.97 Å². The molecule has 1 fully saturated rings. The first kappa shape index (κ1) is 13.5. The van der Waals surface area contributed by atoms with Gasteiger partial charge in [-0.1, -0.05) is 28.8 Å². The van der Waals surface area contributed by atoms with Crippen LogP contribution < -0.4 is 5.73 Å². The van der Waals surface area contributed by atoms with Crippen LogP contribution in [0, 0.1) is 5.82 Å². The number of benzene rings is 1. The van der Waals surface area contributed by atoms with Crippen molar-refractivity contribution < 1.29 is 4.39 Å². The van der Waals surface area contributed by atoms with E-state index in [0.29, 0.717) is 23.1 Å². The van der Waals surface area contributed by atoms with Crippen LogP contribution in [-0.2, 0) is 0 Å². The summed E-state index contributed by atoms with van der Waals surface area (Å²) in [4.78, 5) is 8.85. The Labute approximate surface area is 125 Å². The highest BCUT2D eigenvalue weighted by Crippen LogP contribution is 2.35. The Morgan fingerprint density at radius 1 is 1.15 bits per heavy atom. The molecule has 0 bridgehead atoms. The minimum Gasteiger partial charge on any atom is -0.384 e. The molecule has 0 spiro atoms. The number of hydrogen-bond acceptors (Lipinski definition) is 3. The molecule has 1 saturated carbocycles. The Hall–Kier alpha value is -1.49. The van der Waals surface area contributed by atoms with Crippen molar-refractivity contribution in [2.75, 3.05) is 5.73 Å². The zero-order chi connectivity index (χ0) is 14.1. The Kier molecular flexibility index (Phi) is 3.70. The molecule has 0 unspecified atom stereocenters. The summed E-state index contributed by atoms with van der Waals surface area (Å²) < 4.78 is 14.2. The largest absolute Gasteiger partial charge is 0.384 e. The predicted octanol–water partition coefficient (Wildman–Crippen LogP) is 4.29. The van der Waals surface area contributed by atoms with Crippen LogP contribution in [0.25, 0.3) is 11.4 Å². The van der Waals surface area contributed by atoms with E-state index in [1.807, 2.05) is 6.07 Å². The maximum absolute atomic E-state index is 13.4. The monoisotopic (exact) mass is 335 g/mol. The molecule has 0 amide bonds. The summed E-state index contributed by atoms with van der Waals surface area (Å²) in [5.74, 6) is 1.06. The van der Waals surface area contributed by atoms with Gasteiger partial charge in [0.15, 0.2) is 5.82 Å². The highest BCUT2D eigenvalue weighted by atomic mass is 79.9. The second-order valence-electron chi connectivity index (χ2n) is 5.15. The van der Waals surface area contributed by atoms with Gasteiger partial charge in [0.05, 0.1) is 0 Å². The molecule has 1 aromatic heterocycles. The number of halogens is 2. The smallest absolute Gasteiger partial charge is 0.163 e. The first-order valence-electron chi connectivity index (χ1n) is 6.73. The van der Waals surface area contributed by atoms with E-state index in [1.165, 1.54) is 25.0 Å². The van der Waals surface area contributed by atoms with E-state index in [9.17, 15) is 4.39 Å². The van der Waals surface area contributed by atoms with Gasteiger partial charge in [0.1, 0.15) is 11.6 Å². The molecule has 1 aromatic carbocycles. The Morgan fingerprint density at radius 2 is 1.90 bits per heavy atom. The van der Waals surface area contributed by atoms with Crippen LogP contribution in [0.5, 0.6) is 0 Å². The van der Waals surface area contributed by atoms with Gasteiger partial charge in [-0.3, -0.25) is 0 Å². The summed E-state index contributed by atoms with van der Waals surface area (Å²) in [6, 6.07) is 6.33. The second kappa shape index (κ2) is 5.48. The topological polar surface area (TPSA) is 51.8 Å². The molecular formula is C15H15BrFN3. The maximum Gasteiger partial charge on any atom is 0.163 e. The lowest BCUT2D eigenvalue weighted by Gasteiger charge is -2.12. The molecule has 104 valence electrons. The molecule has 3 rings (SSSR count). The van der Waals surface area contributed by atoms with Gasteiger partial charge in [0, 0.05) is 27.7 Å². The van der Waals surface area contributed by atoms with Gasteiger partial charge in [-0.2, -0.15) is 0 Å². The standard InChI is InChI=1S/C15H15BrFN3/c16-12-6-5-10(17)7-11(12)15-19-13(8-14(18)20-15)9-3-1-2-4-9/h5-9H,1-4H2,(H2,18,19,20). The van der Waals surface area contributed by atoms with Gasteiger partial charge < -0.3 is 5.73 Å². The molecule has 0 radical (unpaired) electrons. The van der Waals surface area contributed by atoms with Crippen molar-refractivity contribution >= 4 is 21.7 Å². The van der Waals surface area contributed by atoms with E-state index in [4.69, 9.17) is 5.73 Å². The van der Waals surface area contributed by atoms with E-state index < -0.39 is 0 Å². The van der Waals surface area contributed by atoms with Crippen molar-refractivity contribution in [3.8, 4) is 11.4 Å². The quantitative estimate of drug-likeness (QED) is 0.890. The summed E-state index contributed by atoms with van der Waals surface area (Å²) in [7, 11) is 0. The molecule has 0 saturated heterocycles. The number of nitrogens with zero attached hydrogens (tertiary/aromatic N) is 2. The Morgan fingerprint density at radius 3 is 2.65 bits per heavy atom. The maximum atomic E-state index is 13.4. The first-order valence-corrected chi connectivity index (χ1v) is 7.52. The first-order chi connectivity index (χ1) is 9.63. The fourth-order valence-electron chi connectivity index (χ4n) is 2.71. The summed E-state index contributed by atoms with van der Waals surface area (Å²) in [6.07, 6.45) is 4.74. The van der Waals surface area contributed by atoms with E-state index in [-0.39, 0.29) is 5.82 Å². The lowest BCUT2D eigenvalue weighted by atomic mass is 10.0. The normalized spacial score (nSPS) is 15.7. The van der Waals surface area contributed by atoms with Gasteiger partial charge in [0.2, 0.25) is 0 Å². The van der Waals surface area contributed by atoms with Gasteiger partial charge >= 0.3 is 0 Å². The molecule has 2 aromatic rings. The zero-order valence-electron chi connectivity index (χ0n) is 10.9. The average Bonchev–Trinajstić information content (AvgIpc) is 2.95. The molecule has 5 heteroatoms. The number of anilines is 1. The minimum atomic E-state index is -0.309. The third-order valence-electron chi connectivity index (χ3n) is 3.71. The number of rotatable bonds is 2. The Balaban J connectivity index is 2.06. The van der Waals surface area contributed by atoms with Crippen LogP contribution in [0.4, 0.5) is 10.2 Å². The van der Waals surface area contributed by atoms with Crippen molar-refractivity contribution in [3.63, 3.8) is 0 Å². The fraction of sp³-hybridized carbons (Fsp3) is 0.333. The lowest BCUT2D eigenvalue weighted by molar-refractivity contribution is 0.627. The van der Waals surface area contributed by atoms with Crippen LogP contribution in [0.15, 0.2) is 28.7 Å². The minimum absolute atomic E-state index is 0.309. The summed E-state index contributed by atoms with van der Waals surface area (Å²) in [5.41, 5.74) is 7.50. The summed E-state index contributed by atoms with van der Waals surface area (Å²) >= 11 is 3.41. The van der Waals surface area contributed by atoms with Crippen molar-refractivity contribution in [1.82, 2.24) is 9.97 Å².